The second-order valence-corrected chi connectivity index (χ2v) is 8.61. The molecule has 0 radical (unpaired) electrons. The number of aryl methyl sites for hydroxylation is 1. The number of rotatable bonds is 5. The van der Waals surface area contributed by atoms with Gasteiger partial charge in [-0.3, -0.25) is 4.79 Å². The summed E-state index contributed by atoms with van der Waals surface area (Å²) >= 11 is 0. The van der Waals surface area contributed by atoms with E-state index in [0.29, 0.717) is 17.4 Å². The van der Waals surface area contributed by atoms with Gasteiger partial charge < -0.3 is 14.6 Å². The van der Waals surface area contributed by atoms with Crippen molar-refractivity contribution in [2.45, 2.75) is 44.6 Å². The molecule has 2 aromatic heterocycles. The molecular weight excluding hydrogens is 364 g/mol. The van der Waals surface area contributed by atoms with Crippen molar-refractivity contribution in [1.82, 2.24) is 19.9 Å². The van der Waals surface area contributed by atoms with E-state index in [1.165, 1.54) is 5.56 Å². The van der Waals surface area contributed by atoms with Crippen LogP contribution in [-0.4, -0.2) is 26.5 Å². The van der Waals surface area contributed by atoms with Crippen LogP contribution in [-0.2, 0) is 12.5 Å². The zero-order chi connectivity index (χ0) is 20.6. The summed E-state index contributed by atoms with van der Waals surface area (Å²) in [7, 11) is 1.97. The monoisotopic (exact) mass is 390 g/mol. The standard InChI is InChI=1S/C23H26N4O2/c1-23(2,3)16-6-8-17(9-7-16)29-21-10-5-15(12-25-21)22(28)26-19-11-18(19)20-13-24-14-27(20)4/h5-10,12-14,18-19H,11H2,1-4H3,(H,26,28)/t18-,19-/m1/s1. The highest BCUT2D eigenvalue weighted by Gasteiger charge is 2.41. The third-order valence-electron chi connectivity index (χ3n) is 5.28. The first-order chi connectivity index (χ1) is 13.8. The average molecular weight is 390 g/mol. The zero-order valence-corrected chi connectivity index (χ0v) is 17.2. The minimum Gasteiger partial charge on any atom is -0.439 e. The SMILES string of the molecule is Cn1cncc1[C@@H]1C[C@H]1NC(=O)c1ccc(Oc2ccc(C(C)(C)C)cc2)nc1. The minimum absolute atomic E-state index is 0.100. The molecule has 0 unspecified atom stereocenters. The number of nitrogens with one attached hydrogen (secondary N) is 1. The molecule has 0 aliphatic heterocycles. The Kier molecular flexibility index (Phi) is 4.86. The van der Waals surface area contributed by atoms with Crippen LogP contribution >= 0.6 is 0 Å². The predicted molar refractivity (Wildman–Crippen MR) is 111 cm³/mol. The summed E-state index contributed by atoms with van der Waals surface area (Å²) in [5, 5.41) is 3.06. The maximum absolute atomic E-state index is 12.5. The van der Waals surface area contributed by atoms with Crippen LogP contribution in [0.3, 0.4) is 0 Å². The number of carbonyl (C=O) groups is 1. The molecule has 1 aliphatic carbocycles. The summed E-state index contributed by atoms with van der Waals surface area (Å²) in [4.78, 5) is 20.9. The Labute approximate surface area is 171 Å². The van der Waals surface area contributed by atoms with Crippen LogP contribution in [0.25, 0.3) is 0 Å². The number of hydrogen-bond donors (Lipinski definition) is 1. The third-order valence-corrected chi connectivity index (χ3v) is 5.28. The van der Waals surface area contributed by atoms with Gasteiger partial charge in [0.25, 0.3) is 5.91 Å². The Bertz CT molecular complexity index is 1000. The van der Waals surface area contributed by atoms with E-state index >= 15 is 0 Å². The van der Waals surface area contributed by atoms with Crippen molar-refractivity contribution in [2.24, 2.45) is 7.05 Å². The first-order valence-corrected chi connectivity index (χ1v) is 9.83. The van der Waals surface area contributed by atoms with Crippen LogP contribution < -0.4 is 10.1 Å². The fourth-order valence-electron chi connectivity index (χ4n) is 3.38. The van der Waals surface area contributed by atoms with Crippen molar-refractivity contribution < 1.29 is 9.53 Å². The highest BCUT2D eigenvalue weighted by Crippen LogP contribution is 2.40. The molecule has 0 saturated heterocycles. The quantitative estimate of drug-likeness (QED) is 0.709. The number of carbonyl (C=O) groups excluding carboxylic acids is 1. The number of hydrogen-bond acceptors (Lipinski definition) is 4. The number of amides is 1. The Morgan fingerprint density at radius 2 is 1.90 bits per heavy atom. The number of benzene rings is 1. The Morgan fingerprint density at radius 3 is 2.48 bits per heavy atom. The van der Waals surface area contributed by atoms with Gasteiger partial charge in [0.1, 0.15) is 5.75 Å². The molecular formula is C23H26N4O2. The molecule has 4 rings (SSSR count). The number of ether oxygens (including phenoxy) is 1. The van der Waals surface area contributed by atoms with Crippen LogP contribution in [0.1, 0.15) is 54.7 Å². The van der Waals surface area contributed by atoms with Gasteiger partial charge in [0, 0.05) is 43.2 Å². The molecule has 1 saturated carbocycles. The molecule has 3 aromatic rings. The van der Waals surface area contributed by atoms with Crippen molar-refractivity contribution in [1.29, 1.82) is 0 Å². The lowest BCUT2D eigenvalue weighted by Crippen LogP contribution is -2.26. The molecule has 0 bridgehead atoms. The molecule has 6 nitrogen and oxygen atoms in total. The Balaban J connectivity index is 1.34. The van der Waals surface area contributed by atoms with Crippen LogP contribution in [0.15, 0.2) is 55.1 Å². The molecule has 1 aromatic carbocycles. The van der Waals surface area contributed by atoms with E-state index in [0.717, 1.165) is 17.9 Å². The summed E-state index contributed by atoms with van der Waals surface area (Å²) in [6, 6.07) is 11.6. The molecule has 2 atom stereocenters. The lowest BCUT2D eigenvalue weighted by Gasteiger charge is -2.19. The topological polar surface area (TPSA) is 69.0 Å². The summed E-state index contributed by atoms with van der Waals surface area (Å²) in [6.07, 6.45) is 6.13. The lowest BCUT2D eigenvalue weighted by atomic mass is 9.87. The number of imidazole rings is 1. The first-order valence-electron chi connectivity index (χ1n) is 9.83. The van der Waals surface area contributed by atoms with Gasteiger partial charge in [-0.1, -0.05) is 32.9 Å². The maximum atomic E-state index is 12.5. The molecule has 1 amide bonds. The number of aromatic nitrogens is 3. The molecule has 0 spiro atoms. The summed E-state index contributed by atoms with van der Waals surface area (Å²) in [5.41, 5.74) is 3.02. The Morgan fingerprint density at radius 1 is 1.14 bits per heavy atom. The van der Waals surface area contributed by atoms with Crippen LogP contribution in [0.4, 0.5) is 0 Å². The fraction of sp³-hybridized carbons (Fsp3) is 0.348. The van der Waals surface area contributed by atoms with Crippen molar-refractivity contribution in [3.8, 4) is 11.6 Å². The first kappa shape index (κ1) is 19.2. The highest BCUT2D eigenvalue weighted by atomic mass is 16.5. The van der Waals surface area contributed by atoms with Gasteiger partial charge in [0.2, 0.25) is 5.88 Å². The normalized spacial score (nSPS) is 18.3. The van der Waals surface area contributed by atoms with Gasteiger partial charge in [0.15, 0.2) is 0 Å². The van der Waals surface area contributed by atoms with Crippen LogP contribution in [0.5, 0.6) is 11.6 Å². The van der Waals surface area contributed by atoms with E-state index in [1.54, 1.807) is 24.7 Å². The number of nitrogens with zero attached hydrogens (tertiary/aromatic N) is 3. The van der Waals surface area contributed by atoms with Crippen LogP contribution in [0, 0.1) is 0 Å². The van der Waals surface area contributed by atoms with Crippen molar-refractivity contribution in [3.63, 3.8) is 0 Å². The van der Waals surface area contributed by atoms with E-state index in [-0.39, 0.29) is 17.4 Å². The van der Waals surface area contributed by atoms with E-state index in [1.807, 2.05) is 29.9 Å². The Hall–Kier alpha value is -3.15. The lowest BCUT2D eigenvalue weighted by molar-refractivity contribution is 0.0950. The molecule has 1 aliphatic rings. The fourth-order valence-corrected chi connectivity index (χ4v) is 3.38. The zero-order valence-electron chi connectivity index (χ0n) is 17.2. The molecule has 1 fully saturated rings. The average Bonchev–Trinajstić information content (AvgIpc) is 3.30. The molecule has 29 heavy (non-hydrogen) atoms. The largest absolute Gasteiger partial charge is 0.439 e. The van der Waals surface area contributed by atoms with Crippen molar-refractivity contribution in [2.75, 3.05) is 0 Å². The smallest absolute Gasteiger partial charge is 0.253 e. The van der Waals surface area contributed by atoms with Gasteiger partial charge in [-0.15, -0.1) is 0 Å². The van der Waals surface area contributed by atoms with E-state index in [2.05, 4.69) is 48.2 Å². The third kappa shape index (κ3) is 4.31. The van der Waals surface area contributed by atoms with Gasteiger partial charge in [0.05, 0.1) is 11.9 Å². The maximum Gasteiger partial charge on any atom is 0.253 e. The second kappa shape index (κ2) is 7.35. The van der Waals surface area contributed by atoms with Crippen molar-refractivity contribution >= 4 is 5.91 Å². The summed E-state index contributed by atoms with van der Waals surface area (Å²) < 4.78 is 7.80. The predicted octanol–water partition coefficient (Wildman–Crippen LogP) is 4.19. The molecule has 150 valence electrons. The molecule has 6 heteroatoms. The number of pyridine rings is 1. The molecule has 2 heterocycles. The summed E-state index contributed by atoms with van der Waals surface area (Å²) in [6.45, 7) is 6.53. The van der Waals surface area contributed by atoms with E-state index < -0.39 is 0 Å². The van der Waals surface area contributed by atoms with E-state index in [9.17, 15) is 4.79 Å². The van der Waals surface area contributed by atoms with Crippen molar-refractivity contribution in [3.05, 3.63) is 71.9 Å². The van der Waals surface area contributed by atoms with Gasteiger partial charge in [-0.25, -0.2) is 9.97 Å². The van der Waals surface area contributed by atoms with Gasteiger partial charge in [-0.05, 0) is 35.6 Å². The second-order valence-electron chi connectivity index (χ2n) is 8.61. The summed E-state index contributed by atoms with van der Waals surface area (Å²) in [5.74, 6) is 1.40. The molecule has 1 N–H and O–H groups in total. The minimum atomic E-state index is -0.117. The van der Waals surface area contributed by atoms with Gasteiger partial charge in [-0.2, -0.15) is 0 Å². The highest BCUT2D eigenvalue weighted by molar-refractivity contribution is 5.94. The van der Waals surface area contributed by atoms with E-state index in [4.69, 9.17) is 4.74 Å². The van der Waals surface area contributed by atoms with Gasteiger partial charge >= 0.3 is 0 Å². The van der Waals surface area contributed by atoms with Crippen LogP contribution in [0.2, 0.25) is 0 Å².